The Morgan fingerprint density at radius 2 is 2.10 bits per heavy atom. The van der Waals surface area contributed by atoms with Gasteiger partial charge >= 0.3 is 0 Å². The van der Waals surface area contributed by atoms with Gasteiger partial charge in [0.05, 0.1) is 19.3 Å². The molecule has 0 radical (unpaired) electrons. The van der Waals surface area contributed by atoms with Crippen LogP contribution in [0.2, 0.25) is 0 Å². The third-order valence-electron chi connectivity index (χ3n) is 4.30. The molecule has 1 atom stereocenters. The molecule has 116 valence electrons. The number of carbonyl (C=O) groups excluding carboxylic acids is 1. The highest BCUT2D eigenvalue weighted by atomic mass is 16.5. The molecule has 5 heteroatoms. The van der Waals surface area contributed by atoms with Crippen molar-refractivity contribution in [2.24, 2.45) is 0 Å². The zero-order chi connectivity index (χ0) is 14.2. The van der Waals surface area contributed by atoms with E-state index in [1.807, 2.05) is 0 Å². The summed E-state index contributed by atoms with van der Waals surface area (Å²) < 4.78 is 5.71. The van der Waals surface area contributed by atoms with Crippen molar-refractivity contribution in [3.05, 3.63) is 0 Å². The summed E-state index contributed by atoms with van der Waals surface area (Å²) in [5, 5.41) is 6.35. The van der Waals surface area contributed by atoms with Gasteiger partial charge in [-0.2, -0.15) is 0 Å². The zero-order valence-electron chi connectivity index (χ0n) is 12.7. The van der Waals surface area contributed by atoms with E-state index >= 15 is 0 Å². The van der Waals surface area contributed by atoms with Gasteiger partial charge in [-0.3, -0.25) is 9.69 Å². The summed E-state index contributed by atoms with van der Waals surface area (Å²) in [7, 11) is 0. The molecule has 1 unspecified atom stereocenters. The Morgan fingerprint density at radius 3 is 2.85 bits per heavy atom. The number of nitrogens with one attached hydrogen (secondary N) is 2. The standard InChI is InChI=1S/C15H29N3O2/c1-2-18-8-9-20-14(12-18)10-16-11-15(19)17-13-6-4-3-5-7-13/h13-14,16H,2-12H2,1H3,(H,17,19). The van der Waals surface area contributed by atoms with Gasteiger partial charge in [0.25, 0.3) is 0 Å². The van der Waals surface area contributed by atoms with Crippen molar-refractivity contribution in [1.82, 2.24) is 15.5 Å². The lowest BCUT2D eigenvalue weighted by Crippen LogP contribution is -2.48. The van der Waals surface area contributed by atoms with Gasteiger partial charge in [0.1, 0.15) is 0 Å². The third kappa shape index (κ3) is 5.38. The first-order chi connectivity index (χ1) is 9.78. The molecule has 0 spiro atoms. The fraction of sp³-hybridized carbons (Fsp3) is 0.933. The number of likely N-dealkylation sites (N-methyl/N-ethyl adjacent to an activating group) is 1. The Balaban J connectivity index is 1.56. The van der Waals surface area contributed by atoms with Crippen LogP contribution in [-0.4, -0.2) is 62.3 Å². The average molecular weight is 283 g/mol. The number of carbonyl (C=O) groups is 1. The molecule has 2 rings (SSSR count). The van der Waals surface area contributed by atoms with E-state index in [1.165, 1.54) is 19.3 Å². The van der Waals surface area contributed by atoms with Gasteiger partial charge < -0.3 is 15.4 Å². The second-order valence-electron chi connectivity index (χ2n) is 5.92. The van der Waals surface area contributed by atoms with Crippen LogP contribution in [0.15, 0.2) is 0 Å². The molecule has 1 amide bonds. The summed E-state index contributed by atoms with van der Waals surface area (Å²) in [6, 6.07) is 0.402. The normalized spacial score (nSPS) is 25.6. The van der Waals surface area contributed by atoms with Crippen LogP contribution in [0.5, 0.6) is 0 Å². The maximum absolute atomic E-state index is 11.8. The SMILES string of the molecule is CCN1CCOC(CNCC(=O)NC2CCCCC2)C1. The Hall–Kier alpha value is -0.650. The van der Waals surface area contributed by atoms with Crippen molar-refractivity contribution < 1.29 is 9.53 Å². The zero-order valence-corrected chi connectivity index (χ0v) is 12.7. The molecule has 2 aliphatic rings. The summed E-state index contributed by atoms with van der Waals surface area (Å²) in [5.41, 5.74) is 0. The van der Waals surface area contributed by atoms with Crippen LogP contribution >= 0.6 is 0 Å². The molecule has 0 aromatic heterocycles. The molecular formula is C15H29N3O2. The number of morpholine rings is 1. The van der Waals surface area contributed by atoms with Crippen LogP contribution in [0.4, 0.5) is 0 Å². The number of amides is 1. The van der Waals surface area contributed by atoms with Gasteiger partial charge in [-0.25, -0.2) is 0 Å². The van der Waals surface area contributed by atoms with Gasteiger partial charge in [0, 0.05) is 25.7 Å². The van der Waals surface area contributed by atoms with Crippen LogP contribution in [0.3, 0.4) is 0 Å². The lowest BCUT2D eigenvalue weighted by atomic mass is 9.95. The predicted octanol–water partition coefficient (Wildman–Crippen LogP) is 0.746. The second kappa shape index (κ2) is 8.60. The quantitative estimate of drug-likeness (QED) is 0.755. The summed E-state index contributed by atoms with van der Waals surface area (Å²) in [5.74, 6) is 0.125. The molecule has 5 nitrogen and oxygen atoms in total. The molecule has 0 aromatic rings. The van der Waals surface area contributed by atoms with E-state index in [1.54, 1.807) is 0 Å². The van der Waals surface area contributed by atoms with E-state index in [0.29, 0.717) is 12.6 Å². The van der Waals surface area contributed by atoms with Gasteiger partial charge in [-0.1, -0.05) is 26.2 Å². The number of hydrogen-bond donors (Lipinski definition) is 2. The number of hydrogen-bond acceptors (Lipinski definition) is 4. The van der Waals surface area contributed by atoms with Gasteiger partial charge in [0.15, 0.2) is 0 Å². The largest absolute Gasteiger partial charge is 0.374 e. The maximum Gasteiger partial charge on any atom is 0.234 e. The summed E-state index contributed by atoms with van der Waals surface area (Å²) in [4.78, 5) is 14.2. The fourth-order valence-corrected chi connectivity index (χ4v) is 3.06. The van der Waals surface area contributed by atoms with Crippen molar-refractivity contribution in [2.45, 2.75) is 51.2 Å². The van der Waals surface area contributed by atoms with Crippen LogP contribution in [-0.2, 0) is 9.53 Å². The molecule has 2 N–H and O–H groups in total. The van der Waals surface area contributed by atoms with Crippen molar-refractivity contribution in [3.63, 3.8) is 0 Å². The first-order valence-electron chi connectivity index (χ1n) is 8.12. The molecule has 1 heterocycles. The first kappa shape index (κ1) is 15.7. The Kier molecular flexibility index (Phi) is 6.76. The summed E-state index contributed by atoms with van der Waals surface area (Å²) in [6.07, 6.45) is 6.32. The monoisotopic (exact) mass is 283 g/mol. The summed E-state index contributed by atoms with van der Waals surface area (Å²) in [6.45, 7) is 7.20. The van der Waals surface area contributed by atoms with E-state index < -0.39 is 0 Å². The third-order valence-corrected chi connectivity index (χ3v) is 4.30. The Bertz CT molecular complexity index is 293. The minimum atomic E-state index is 0.125. The van der Waals surface area contributed by atoms with E-state index in [4.69, 9.17) is 4.74 Å². The van der Waals surface area contributed by atoms with E-state index in [-0.39, 0.29) is 12.0 Å². The average Bonchev–Trinajstić information content (AvgIpc) is 2.48. The number of rotatable bonds is 6. The van der Waals surface area contributed by atoms with Gasteiger partial charge in [-0.05, 0) is 19.4 Å². The van der Waals surface area contributed by atoms with E-state index in [2.05, 4.69) is 22.5 Å². The second-order valence-corrected chi connectivity index (χ2v) is 5.92. The summed E-state index contributed by atoms with van der Waals surface area (Å²) >= 11 is 0. The molecular weight excluding hydrogens is 254 g/mol. The lowest BCUT2D eigenvalue weighted by Gasteiger charge is -2.32. The maximum atomic E-state index is 11.8. The molecule has 2 fully saturated rings. The number of nitrogens with zero attached hydrogens (tertiary/aromatic N) is 1. The Labute approximate surface area is 122 Å². The van der Waals surface area contributed by atoms with Crippen molar-refractivity contribution >= 4 is 5.91 Å². The van der Waals surface area contributed by atoms with Gasteiger partial charge in [-0.15, -0.1) is 0 Å². The highest BCUT2D eigenvalue weighted by molar-refractivity contribution is 5.78. The Morgan fingerprint density at radius 1 is 1.30 bits per heavy atom. The lowest BCUT2D eigenvalue weighted by molar-refractivity contribution is -0.121. The molecule has 1 aliphatic heterocycles. The minimum Gasteiger partial charge on any atom is -0.374 e. The predicted molar refractivity (Wildman–Crippen MR) is 79.7 cm³/mol. The minimum absolute atomic E-state index is 0.125. The van der Waals surface area contributed by atoms with Crippen LogP contribution < -0.4 is 10.6 Å². The fourth-order valence-electron chi connectivity index (χ4n) is 3.06. The molecule has 0 bridgehead atoms. The smallest absolute Gasteiger partial charge is 0.234 e. The van der Waals surface area contributed by atoms with Crippen molar-refractivity contribution in [3.8, 4) is 0 Å². The van der Waals surface area contributed by atoms with Crippen LogP contribution in [0, 0.1) is 0 Å². The first-order valence-corrected chi connectivity index (χ1v) is 8.12. The molecule has 0 aromatic carbocycles. The van der Waals surface area contributed by atoms with Crippen molar-refractivity contribution in [2.75, 3.05) is 39.3 Å². The molecule has 1 saturated carbocycles. The molecule has 1 saturated heterocycles. The highest BCUT2D eigenvalue weighted by Gasteiger charge is 2.19. The highest BCUT2D eigenvalue weighted by Crippen LogP contribution is 2.17. The van der Waals surface area contributed by atoms with E-state index in [9.17, 15) is 4.79 Å². The number of ether oxygens (including phenoxy) is 1. The van der Waals surface area contributed by atoms with Gasteiger partial charge in [0.2, 0.25) is 5.91 Å². The van der Waals surface area contributed by atoms with E-state index in [0.717, 1.165) is 45.6 Å². The van der Waals surface area contributed by atoms with Crippen LogP contribution in [0.25, 0.3) is 0 Å². The van der Waals surface area contributed by atoms with Crippen LogP contribution in [0.1, 0.15) is 39.0 Å². The molecule has 1 aliphatic carbocycles. The van der Waals surface area contributed by atoms with Crippen molar-refractivity contribution in [1.29, 1.82) is 0 Å². The molecule has 20 heavy (non-hydrogen) atoms. The topological polar surface area (TPSA) is 53.6 Å².